The van der Waals surface area contributed by atoms with Gasteiger partial charge < -0.3 is 19.5 Å². The molecule has 3 unspecified atom stereocenters. The van der Waals surface area contributed by atoms with Crippen LogP contribution < -0.4 is 0 Å². The molecule has 2 fully saturated rings. The van der Waals surface area contributed by atoms with Crippen LogP contribution in [0.4, 0.5) is 0 Å². The number of carboxylic acids is 1. The first-order chi connectivity index (χ1) is 8.69. The van der Waals surface area contributed by atoms with Gasteiger partial charge >= 0.3 is 5.97 Å². The zero-order chi connectivity index (χ0) is 13.0. The Morgan fingerprint density at radius 1 is 1.50 bits per heavy atom. The van der Waals surface area contributed by atoms with Crippen LogP contribution >= 0.6 is 0 Å². The Morgan fingerprint density at radius 3 is 3.06 bits per heavy atom. The average Bonchev–Trinajstić information content (AvgIpc) is 2.85. The van der Waals surface area contributed by atoms with E-state index in [0.717, 1.165) is 19.5 Å². The summed E-state index contributed by atoms with van der Waals surface area (Å²) >= 11 is 0. The zero-order valence-corrected chi connectivity index (χ0v) is 11.0. The number of likely N-dealkylation sites (tertiary alicyclic amines) is 1. The number of carbonyl (C=O) groups is 1. The van der Waals surface area contributed by atoms with Gasteiger partial charge in [-0.15, -0.1) is 0 Å². The van der Waals surface area contributed by atoms with E-state index in [4.69, 9.17) is 14.6 Å². The van der Waals surface area contributed by atoms with Crippen molar-refractivity contribution in [2.24, 2.45) is 5.92 Å². The van der Waals surface area contributed by atoms with Crippen LogP contribution in [-0.2, 0) is 14.3 Å². The minimum atomic E-state index is -0.767. The van der Waals surface area contributed by atoms with E-state index in [1.807, 2.05) is 0 Å². The van der Waals surface area contributed by atoms with Crippen LogP contribution in [0.1, 0.15) is 32.6 Å². The molecule has 0 aromatic carbocycles. The Kier molecular flexibility index (Phi) is 4.97. The predicted molar refractivity (Wildman–Crippen MR) is 66.3 cm³/mol. The predicted octanol–water partition coefficient (Wildman–Crippen LogP) is 1.32. The maximum atomic E-state index is 10.5. The zero-order valence-electron chi connectivity index (χ0n) is 11.0. The number of rotatable bonds is 5. The fraction of sp³-hybridized carbons (Fsp3) is 0.923. The Balaban J connectivity index is 1.75. The van der Waals surface area contributed by atoms with Crippen LogP contribution in [0.25, 0.3) is 0 Å². The minimum absolute atomic E-state index is 0.0388. The highest BCUT2D eigenvalue weighted by atomic mass is 16.7. The molecule has 0 aromatic heterocycles. The molecule has 18 heavy (non-hydrogen) atoms. The van der Waals surface area contributed by atoms with Crippen molar-refractivity contribution in [1.29, 1.82) is 0 Å². The summed E-state index contributed by atoms with van der Waals surface area (Å²) in [5, 5.41) is 8.65. The van der Waals surface area contributed by atoms with Gasteiger partial charge in [-0.05, 0) is 32.4 Å². The molecule has 2 saturated heterocycles. The first kappa shape index (κ1) is 13.8. The van der Waals surface area contributed by atoms with Gasteiger partial charge in [0, 0.05) is 18.9 Å². The minimum Gasteiger partial charge on any atom is -0.481 e. The number of carboxylic acid groups (broad SMARTS) is 1. The summed E-state index contributed by atoms with van der Waals surface area (Å²) in [7, 11) is 0. The molecule has 3 atom stereocenters. The monoisotopic (exact) mass is 257 g/mol. The highest BCUT2D eigenvalue weighted by molar-refractivity contribution is 5.66. The van der Waals surface area contributed by atoms with E-state index in [1.165, 1.54) is 13.0 Å². The molecule has 0 saturated carbocycles. The molecule has 104 valence electrons. The van der Waals surface area contributed by atoms with Gasteiger partial charge in [-0.2, -0.15) is 0 Å². The largest absolute Gasteiger partial charge is 0.481 e. The number of nitrogens with zero attached hydrogens (tertiary/aromatic N) is 1. The number of aliphatic carboxylic acids is 1. The highest BCUT2D eigenvalue weighted by Crippen LogP contribution is 2.28. The standard InChI is InChI=1S/C13H23NO4/c1-2-14-7-3-4-10(8-14)13-17-9-11(18-13)5-6-12(15)16/h10-11,13H,2-9H2,1H3,(H,15,16). The van der Waals surface area contributed by atoms with E-state index < -0.39 is 5.97 Å². The van der Waals surface area contributed by atoms with Crippen molar-refractivity contribution in [2.45, 2.75) is 45.0 Å². The van der Waals surface area contributed by atoms with Crippen LogP contribution in [-0.4, -0.2) is 54.6 Å². The Bertz CT molecular complexity index is 284. The average molecular weight is 257 g/mol. The lowest BCUT2D eigenvalue weighted by molar-refractivity contribution is -0.138. The number of ether oxygens (including phenoxy) is 2. The fourth-order valence-corrected chi connectivity index (χ4v) is 2.75. The van der Waals surface area contributed by atoms with E-state index in [9.17, 15) is 4.79 Å². The summed E-state index contributed by atoms with van der Waals surface area (Å²) in [6.07, 6.45) is 2.89. The lowest BCUT2D eigenvalue weighted by atomic mass is 9.97. The maximum absolute atomic E-state index is 10.5. The highest BCUT2D eigenvalue weighted by Gasteiger charge is 2.34. The van der Waals surface area contributed by atoms with Crippen molar-refractivity contribution in [2.75, 3.05) is 26.2 Å². The van der Waals surface area contributed by atoms with Crippen LogP contribution in [0.5, 0.6) is 0 Å². The number of hydrogen-bond donors (Lipinski definition) is 1. The van der Waals surface area contributed by atoms with Gasteiger partial charge in [0.25, 0.3) is 0 Å². The summed E-state index contributed by atoms with van der Waals surface area (Å²) in [4.78, 5) is 12.9. The quantitative estimate of drug-likeness (QED) is 0.805. The molecular formula is C13H23NO4. The Labute approximate surface area is 108 Å². The van der Waals surface area contributed by atoms with Gasteiger partial charge in [0.15, 0.2) is 6.29 Å². The van der Waals surface area contributed by atoms with Crippen molar-refractivity contribution >= 4 is 5.97 Å². The van der Waals surface area contributed by atoms with E-state index >= 15 is 0 Å². The third-order valence-corrected chi connectivity index (χ3v) is 3.83. The van der Waals surface area contributed by atoms with Crippen LogP contribution in [0.3, 0.4) is 0 Å². The van der Waals surface area contributed by atoms with Crippen molar-refractivity contribution in [3.05, 3.63) is 0 Å². The van der Waals surface area contributed by atoms with Crippen LogP contribution in [0.15, 0.2) is 0 Å². The summed E-state index contributed by atoms with van der Waals surface area (Å²) in [5.74, 6) is -0.328. The van der Waals surface area contributed by atoms with Crippen molar-refractivity contribution < 1.29 is 19.4 Å². The lowest BCUT2D eigenvalue weighted by Gasteiger charge is -2.34. The topological polar surface area (TPSA) is 59.0 Å². The van der Waals surface area contributed by atoms with E-state index in [1.54, 1.807) is 0 Å². The smallest absolute Gasteiger partial charge is 0.303 e. The molecule has 0 spiro atoms. The van der Waals surface area contributed by atoms with Crippen LogP contribution in [0.2, 0.25) is 0 Å². The van der Waals surface area contributed by atoms with E-state index in [0.29, 0.717) is 18.9 Å². The molecule has 0 aromatic rings. The molecular weight excluding hydrogens is 234 g/mol. The van der Waals surface area contributed by atoms with Gasteiger partial charge in [-0.1, -0.05) is 6.92 Å². The molecule has 2 aliphatic rings. The van der Waals surface area contributed by atoms with Gasteiger partial charge in [0.1, 0.15) is 0 Å². The molecule has 0 bridgehead atoms. The lowest BCUT2D eigenvalue weighted by Crippen LogP contribution is -2.40. The third kappa shape index (κ3) is 3.67. The summed E-state index contributed by atoms with van der Waals surface area (Å²) < 4.78 is 11.5. The Morgan fingerprint density at radius 2 is 2.33 bits per heavy atom. The van der Waals surface area contributed by atoms with E-state index in [-0.39, 0.29) is 18.8 Å². The first-order valence-electron chi connectivity index (χ1n) is 6.90. The summed E-state index contributed by atoms with van der Waals surface area (Å²) in [6.45, 7) is 6.00. The molecule has 0 radical (unpaired) electrons. The Hall–Kier alpha value is -0.650. The normalized spacial score (nSPS) is 33.7. The second-order valence-electron chi connectivity index (χ2n) is 5.19. The van der Waals surface area contributed by atoms with Crippen LogP contribution in [0, 0.1) is 5.92 Å². The molecule has 2 aliphatic heterocycles. The summed E-state index contributed by atoms with van der Waals surface area (Å²) in [5.41, 5.74) is 0. The van der Waals surface area contributed by atoms with Gasteiger partial charge in [0.2, 0.25) is 0 Å². The molecule has 0 aliphatic carbocycles. The van der Waals surface area contributed by atoms with Crippen molar-refractivity contribution in [3.8, 4) is 0 Å². The SMILES string of the molecule is CCN1CCCC(C2OCC(CCC(=O)O)O2)C1. The molecule has 0 amide bonds. The summed E-state index contributed by atoms with van der Waals surface area (Å²) in [6, 6.07) is 0. The van der Waals surface area contributed by atoms with E-state index in [2.05, 4.69) is 11.8 Å². The van der Waals surface area contributed by atoms with Crippen molar-refractivity contribution in [3.63, 3.8) is 0 Å². The molecule has 5 heteroatoms. The van der Waals surface area contributed by atoms with Gasteiger partial charge in [-0.25, -0.2) is 0 Å². The van der Waals surface area contributed by atoms with Crippen molar-refractivity contribution in [1.82, 2.24) is 4.90 Å². The molecule has 2 heterocycles. The number of piperidine rings is 1. The number of hydrogen-bond acceptors (Lipinski definition) is 4. The second kappa shape index (κ2) is 6.50. The second-order valence-corrected chi connectivity index (χ2v) is 5.19. The van der Waals surface area contributed by atoms with Gasteiger partial charge in [0.05, 0.1) is 12.7 Å². The fourth-order valence-electron chi connectivity index (χ4n) is 2.75. The third-order valence-electron chi connectivity index (χ3n) is 3.83. The molecule has 5 nitrogen and oxygen atoms in total. The van der Waals surface area contributed by atoms with Gasteiger partial charge in [-0.3, -0.25) is 4.79 Å². The molecule has 2 rings (SSSR count). The molecule has 1 N–H and O–H groups in total. The first-order valence-corrected chi connectivity index (χ1v) is 6.90. The maximum Gasteiger partial charge on any atom is 0.303 e.